The fourth-order valence-corrected chi connectivity index (χ4v) is 8.47. The van der Waals surface area contributed by atoms with E-state index in [9.17, 15) is 19.8 Å². The first-order valence-electron chi connectivity index (χ1n) is 28.5. The van der Waals surface area contributed by atoms with E-state index in [0.29, 0.717) is 19.3 Å². The molecule has 0 rings (SSSR count). The molecule has 0 bridgehead atoms. The van der Waals surface area contributed by atoms with Crippen molar-refractivity contribution in [2.45, 2.75) is 302 Å². The first-order valence-corrected chi connectivity index (χ1v) is 28.5. The number of hydrogen-bond donors (Lipinski definition) is 3. The van der Waals surface area contributed by atoms with Crippen LogP contribution in [0.5, 0.6) is 0 Å². The van der Waals surface area contributed by atoms with Crippen LogP contribution in [0.1, 0.15) is 284 Å². The summed E-state index contributed by atoms with van der Waals surface area (Å²) in [5, 5.41) is 23.8. The summed E-state index contributed by atoms with van der Waals surface area (Å²) in [6, 6.07) is -0.722. The van der Waals surface area contributed by atoms with E-state index in [1.165, 1.54) is 161 Å². The zero-order valence-corrected chi connectivity index (χ0v) is 43.8. The van der Waals surface area contributed by atoms with Crippen molar-refractivity contribution in [3.8, 4) is 0 Å². The summed E-state index contributed by atoms with van der Waals surface area (Å²) in [6.07, 6.45) is 67.2. The van der Waals surface area contributed by atoms with Gasteiger partial charge in [-0.15, -0.1) is 0 Å². The van der Waals surface area contributed by atoms with Gasteiger partial charge in [-0.05, 0) is 89.9 Å². The molecule has 0 heterocycles. The molecule has 0 aromatic rings. The molecule has 0 aliphatic heterocycles. The van der Waals surface area contributed by atoms with E-state index in [-0.39, 0.29) is 24.9 Å². The summed E-state index contributed by atoms with van der Waals surface area (Å²) in [6.45, 7) is 6.45. The zero-order valence-electron chi connectivity index (χ0n) is 43.8. The Bertz CT molecular complexity index is 1170. The van der Waals surface area contributed by atoms with E-state index in [1.54, 1.807) is 0 Å². The Kier molecular flexibility index (Phi) is 51.5. The van der Waals surface area contributed by atoms with Crippen LogP contribution < -0.4 is 5.32 Å². The number of carbonyl (C=O) groups excluding carboxylic acids is 2. The number of hydrogen-bond acceptors (Lipinski definition) is 5. The SMILES string of the molecule is CCCCC/C=C\C/C=C\C/C=C\C/C=C\CCCC(CC(=O)NC(CO)C(O)CCCCCCCCCCCCCC)OC(=O)CCCCCCC/C=C/CCCCCCCCCCC. The Hall–Kier alpha value is -2.44. The number of rotatable bonds is 51. The first kappa shape index (κ1) is 63.6. The monoisotopic (exact) mass is 924 g/mol. The highest BCUT2D eigenvalue weighted by molar-refractivity contribution is 5.77. The van der Waals surface area contributed by atoms with Gasteiger partial charge >= 0.3 is 5.97 Å². The van der Waals surface area contributed by atoms with Gasteiger partial charge in [0.25, 0.3) is 0 Å². The van der Waals surface area contributed by atoms with Crippen molar-refractivity contribution in [1.29, 1.82) is 0 Å². The molecule has 0 aliphatic rings. The van der Waals surface area contributed by atoms with Crippen molar-refractivity contribution in [2.24, 2.45) is 0 Å². The molecular formula is C60H109NO5. The van der Waals surface area contributed by atoms with Gasteiger partial charge in [0.15, 0.2) is 0 Å². The molecule has 66 heavy (non-hydrogen) atoms. The maximum Gasteiger partial charge on any atom is 0.306 e. The summed E-state index contributed by atoms with van der Waals surface area (Å²) in [7, 11) is 0. The second-order valence-electron chi connectivity index (χ2n) is 19.3. The van der Waals surface area contributed by atoms with Crippen LogP contribution >= 0.6 is 0 Å². The minimum absolute atomic E-state index is 0.0365. The molecule has 0 saturated heterocycles. The number of nitrogens with one attached hydrogen (secondary N) is 1. The molecule has 384 valence electrons. The van der Waals surface area contributed by atoms with Gasteiger partial charge in [0, 0.05) is 6.42 Å². The number of esters is 1. The van der Waals surface area contributed by atoms with Gasteiger partial charge in [-0.1, -0.05) is 242 Å². The van der Waals surface area contributed by atoms with E-state index < -0.39 is 18.2 Å². The van der Waals surface area contributed by atoms with Crippen LogP contribution in [-0.4, -0.2) is 46.9 Å². The summed E-state index contributed by atoms with van der Waals surface area (Å²) in [4.78, 5) is 26.2. The number of unbranched alkanes of at least 4 members (excludes halogenated alkanes) is 29. The minimum atomic E-state index is -0.805. The highest BCUT2D eigenvalue weighted by atomic mass is 16.5. The smallest absolute Gasteiger partial charge is 0.306 e. The lowest BCUT2D eigenvalue weighted by molar-refractivity contribution is -0.151. The molecule has 0 aliphatic carbocycles. The molecule has 3 atom stereocenters. The standard InChI is InChI=1S/C60H109NO5/c1-4-7-10-13-16-19-22-25-27-29-31-33-35-38-41-44-47-50-53-60(65)66-56(51-48-45-42-39-36-34-32-30-28-26-23-20-17-14-11-8-5-2)54-59(64)61-57(55-62)58(63)52-49-46-43-40-37-24-21-18-15-12-9-6-3/h17,20,26,28,31-34,39,42,56-58,62-63H,4-16,18-19,21-25,27,29-30,35-38,40-41,43-55H2,1-3H3,(H,61,64)/b20-17-,28-26-,33-31+,34-32-,42-39-. The summed E-state index contributed by atoms with van der Waals surface area (Å²) in [5.41, 5.74) is 0. The quantitative estimate of drug-likeness (QED) is 0.0321. The predicted octanol–water partition coefficient (Wildman–Crippen LogP) is 17.6. The lowest BCUT2D eigenvalue weighted by Crippen LogP contribution is -2.46. The van der Waals surface area contributed by atoms with Crippen molar-refractivity contribution in [3.05, 3.63) is 60.8 Å². The normalized spacial score (nSPS) is 13.6. The zero-order chi connectivity index (χ0) is 48.1. The molecule has 1 amide bonds. The molecule has 0 aromatic heterocycles. The molecule has 0 aromatic carbocycles. The number of carbonyl (C=O) groups is 2. The molecule has 3 N–H and O–H groups in total. The van der Waals surface area contributed by atoms with Crippen molar-refractivity contribution in [1.82, 2.24) is 5.32 Å². The second kappa shape index (κ2) is 53.5. The third-order valence-electron chi connectivity index (χ3n) is 12.8. The van der Waals surface area contributed by atoms with Crippen molar-refractivity contribution >= 4 is 11.9 Å². The van der Waals surface area contributed by atoms with Crippen LogP contribution in [-0.2, 0) is 14.3 Å². The Morgan fingerprint density at radius 3 is 1.24 bits per heavy atom. The van der Waals surface area contributed by atoms with Gasteiger partial charge in [0.2, 0.25) is 5.91 Å². The molecule has 6 heteroatoms. The van der Waals surface area contributed by atoms with Gasteiger partial charge in [-0.2, -0.15) is 0 Å². The average molecular weight is 925 g/mol. The fourth-order valence-electron chi connectivity index (χ4n) is 8.47. The second-order valence-corrected chi connectivity index (χ2v) is 19.3. The molecular weight excluding hydrogens is 815 g/mol. The number of ether oxygens (including phenoxy) is 1. The molecule has 0 spiro atoms. The van der Waals surface area contributed by atoms with Crippen LogP contribution in [0.2, 0.25) is 0 Å². The van der Waals surface area contributed by atoms with Gasteiger partial charge in [-0.25, -0.2) is 0 Å². The summed E-state index contributed by atoms with van der Waals surface area (Å²) >= 11 is 0. The number of aliphatic hydroxyl groups is 2. The molecule has 0 radical (unpaired) electrons. The molecule has 0 fully saturated rings. The maximum atomic E-state index is 13.2. The number of allylic oxidation sites excluding steroid dienone is 10. The van der Waals surface area contributed by atoms with Crippen LogP contribution in [0, 0.1) is 0 Å². The lowest BCUT2D eigenvalue weighted by Gasteiger charge is -2.24. The van der Waals surface area contributed by atoms with E-state index in [1.807, 2.05) is 0 Å². The van der Waals surface area contributed by atoms with E-state index in [4.69, 9.17) is 4.74 Å². The molecule has 6 nitrogen and oxygen atoms in total. The fraction of sp³-hybridized carbons (Fsp3) is 0.800. The highest BCUT2D eigenvalue weighted by Crippen LogP contribution is 2.17. The summed E-state index contributed by atoms with van der Waals surface area (Å²) in [5.74, 6) is -0.531. The van der Waals surface area contributed by atoms with Gasteiger partial charge < -0.3 is 20.3 Å². The lowest BCUT2D eigenvalue weighted by atomic mass is 10.0. The average Bonchev–Trinajstić information content (AvgIpc) is 3.31. The van der Waals surface area contributed by atoms with E-state index in [2.05, 4.69) is 86.8 Å². The van der Waals surface area contributed by atoms with E-state index >= 15 is 0 Å². The highest BCUT2D eigenvalue weighted by Gasteiger charge is 2.24. The van der Waals surface area contributed by atoms with Gasteiger partial charge in [-0.3, -0.25) is 9.59 Å². The largest absolute Gasteiger partial charge is 0.462 e. The molecule has 0 saturated carbocycles. The Morgan fingerprint density at radius 1 is 0.439 bits per heavy atom. The van der Waals surface area contributed by atoms with Gasteiger partial charge in [0.1, 0.15) is 6.10 Å². The predicted molar refractivity (Wildman–Crippen MR) is 287 cm³/mol. The Balaban J connectivity index is 4.66. The third kappa shape index (κ3) is 48.0. The Labute approximate surface area is 409 Å². The van der Waals surface area contributed by atoms with Crippen LogP contribution in [0.3, 0.4) is 0 Å². The molecule has 3 unspecified atom stereocenters. The van der Waals surface area contributed by atoms with Crippen molar-refractivity contribution in [2.75, 3.05) is 6.61 Å². The van der Waals surface area contributed by atoms with E-state index in [0.717, 1.165) is 77.0 Å². The topological polar surface area (TPSA) is 95.9 Å². The van der Waals surface area contributed by atoms with Crippen molar-refractivity contribution in [3.63, 3.8) is 0 Å². The maximum absolute atomic E-state index is 13.2. The Morgan fingerprint density at radius 2 is 0.788 bits per heavy atom. The number of aliphatic hydroxyl groups excluding tert-OH is 2. The van der Waals surface area contributed by atoms with Crippen LogP contribution in [0.4, 0.5) is 0 Å². The first-order chi connectivity index (χ1) is 32.5. The third-order valence-corrected chi connectivity index (χ3v) is 12.8. The summed E-state index contributed by atoms with van der Waals surface area (Å²) < 4.78 is 5.93. The van der Waals surface area contributed by atoms with Crippen LogP contribution in [0.25, 0.3) is 0 Å². The van der Waals surface area contributed by atoms with Crippen LogP contribution in [0.15, 0.2) is 60.8 Å². The number of amides is 1. The van der Waals surface area contributed by atoms with Crippen molar-refractivity contribution < 1.29 is 24.5 Å². The minimum Gasteiger partial charge on any atom is -0.462 e. The van der Waals surface area contributed by atoms with Gasteiger partial charge in [0.05, 0.1) is 25.2 Å².